The average Bonchev–Trinajstić information content (AvgIpc) is 2.67. The first-order valence-corrected chi connectivity index (χ1v) is 9.44. The van der Waals surface area contributed by atoms with Crippen molar-refractivity contribution in [2.24, 2.45) is 5.92 Å². The lowest BCUT2D eigenvalue weighted by Gasteiger charge is -2.22. The van der Waals surface area contributed by atoms with Crippen molar-refractivity contribution in [1.29, 1.82) is 0 Å². The van der Waals surface area contributed by atoms with Crippen molar-refractivity contribution in [3.8, 4) is 5.75 Å². The van der Waals surface area contributed by atoms with Gasteiger partial charge in [-0.25, -0.2) is 9.18 Å². The smallest absolute Gasteiger partial charge is 0.339 e. The third kappa shape index (κ3) is 5.73. The van der Waals surface area contributed by atoms with Crippen LogP contribution in [0.5, 0.6) is 5.75 Å². The molecule has 0 aliphatic heterocycles. The Morgan fingerprint density at radius 3 is 2.48 bits per heavy atom. The Labute approximate surface area is 171 Å². The topological polar surface area (TPSA) is 59.0 Å². The molecule has 1 N–H and O–H groups in total. The van der Waals surface area contributed by atoms with Crippen LogP contribution in [0.1, 0.15) is 31.9 Å². The number of carboxylic acid groups (broad SMARTS) is 1. The third-order valence-electron chi connectivity index (χ3n) is 4.54. The van der Waals surface area contributed by atoms with Crippen molar-refractivity contribution >= 4 is 17.2 Å². The molecule has 6 heteroatoms. The molecule has 0 saturated carbocycles. The number of halogens is 1. The lowest BCUT2D eigenvalue weighted by Crippen LogP contribution is -2.22. The molecule has 2 rings (SSSR count). The van der Waals surface area contributed by atoms with Crippen LogP contribution in [-0.4, -0.2) is 31.8 Å². The summed E-state index contributed by atoms with van der Waals surface area (Å²) in [5.74, 6) is -0.694. The van der Waals surface area contributed by atoms with Crippen LogP contribution in [0.2, 0.25) is 0 Å². The summed E-state index contributed by atoms with van der Waals surface area (Å²) in [4.78, 5) is 13.7. The van der Waals surface area contributed by atoms with Crippen LogP contribution in [0, 0.1) is 11.7 Å². The molecule has 2 aromatic rings. The summed E-state index contributed by atoms with van der Waals surface area (Å²) >= 11 is 0. The van der Waals surface area contributed by atoms with Crippen LogP contribution in [0.15, 0.2) is 48.2 Å². The summed E-state index contributed by atoms with van der Waals surface area (Å²) in [7, 11) is 3.34. The maximum Gasteiger partial charge on any atom is 0.339 e. The minimum absolute atomic E-state index is 0.0298. The monoisotopic (exact) mass is 401 g/mol. The van der Waals surface area contributed by atoms with Crippen LogP contribution >= 0.6 is 0 Å². The quantitative estimate of drug-likeness (QED) is 0.475. The van der Waals surface area contributed by atoms with Crippen LogP contribution in [0.3, 0.4) is 0 Å². The van der Waals surface area contributed by atoms with Gasteiger partial charge >= 0.3 is 5.97 Å². The molecule has 29 heavy (non-hydrogen) atoms. The zero-order valence-electron chi connectivity index (χ0n) is 17.5. The highest BCUT2D eigenvalue weighted by atomic mass is 19.1. The molecule has 5 nitrogen and oxygen atoms in total. The number of carboxylic acids is 1. The Kier molecular flexibility index (Phi) is 7.65. The first-order chi connectivity index (χ1) is 13.7. The standard InChI is InChI=1S/C23H28FNO4/c1-15(2)13-25(4)18-10-11-21(20(24)12-18)29-14-17-8-6-7-9-19(17)22(23(26)27)16(3)28-5/h6-12,15H,13-14H2,1-5H3,(H,26,27). The van der Waals surface area contributed by atoms with Crippen LogP contribution in [0.25, 0.3) is 5.57 Å². The van der Waals surface area contributed by atoms with E-state index in [1.807, 2.05) is 18.0 Å². The van der Waals surface area contributed by atoms with Crippen molar-refractivity contribution < 1.29 is 23.8 Å². The normalized spacial score (nSPS) is 11.8. The Morgan fingerprint density at radius 1 is 1.21 bits per heavy atom. The molecular weight excluding hydrogens is 373 g/mol. The summed E-state index contributed by atoms with van der Waals surface area (Å²) in [6.07, 6.45) is 0. The molecule has 0 saturated heterocycles. The van der Waals surface area contributed by atoms with E-state index < -0.39 is 11.8 Å². The minimum atomic E-state index is -1.10. The number of hydrogen-bond acceptors (Lipinski definition) is 4. The molecule has 156 valence electrons. The van der Waals surface area contributed by atoms with Gasteiger partial charge in [0.2, 0.25) is 0 Å². The SMILES string of the molecule is COC(C)=C(C(=O)O)c1ccccc1COc1ccc(N(C)CC(C)C)cc1F. The summed E-state index contributed by atoms with van der Waals surface area (Å²) in [6.45, 7) is 6.64. The number of methoxy groups -OCH3 is 1. The number of anilines is 1. The van der Waals surface area contributed by atoms with E-state index in [2.05, 4.69) is 13.8 Å². The van der Waals surface area contributed by atoms with Gasteiger partial charge in [0.1, 0.15) is 17.9 Å². The van der Waals surface area contributed by atoms with Crippen molar-refractivity contribution in [3.63, 3.8) is 0 Å². The number of ether oxygens (including phenoxy) is 2. The molecule has 0 aromatic heterocycles. The van der Waals surface area contributed by atoms with Gasteiger partial charge in [-0.1, -0.05) is 38.1 Å². The maximum absolute atomic E-state index is 14.5. The van der Waals surface area contributed by atoms with Gasteiger partial charge in [-0.05, 0) is 36.1 Å². The Hall–Kier alpha value is -3.02. The van der Waals surface area contributed by atoms with E-state index in [4.69, 9.17) is 9.47 Å². The van der Waals surface area contributed by atoms with E-state index in [1.165, 1.54) is 13.2 Å². The summed E-state index contributed by atoms with van der Waals surface area (Å²) in [6, 6.07) is 11.8. The summed E-state index contributed by atoms with van der Waals surface area (Å²) in [5.41, 5.74) is 1.93. The number of aliphatic carboxylic acids is 1. The van der Waals surface area contributed by atoms with Gasteiger partial charge in [0, 0.05) is 25.3 Å². The average molecular weight is 401 g/mol. The van der Waals surface area contributed by atoms with E-state index in [0.29, 0.717) is 17.0 Å². The highest BCUT2D eigenvalue weighted by molar-refractivity contribution is 6.16. The number of rotatable bonds is 9. The molecule has 0 amide bonds. The first-order valence-electron chi connectivity index (χ1n) is 9.44. The van der Waals surface area contributed by atoms with Crippen LogP contribution in [-0.2, 0) is 16.1 Å². The highest BCUT2D eigenvalue weighted by Gasteiger charge is 2.19. The highest BCUT2D eigenvalue weighted by Crippen LogP contribution is 2.27. The second-order valence-electron chi connectivity index (χ2n) is 7.28. The Bertz CT molecular complexity index is 892. The minimum Gasteiger partial charge on any atom is -0.500 e. The number of hydrogen-bond donors (Lipinski definition) is 1. The molecule has 0 fully saturated rings. The van der Waals surface area contributed by atoms with E-state index in [9.17, 15) is 14.3 Å². The fourth-order valence-corrected chi connectivity index (χ4v) is 3.10. The van der Waals surface area contributed by atoms with E-state index in [1.54, 1.807) is 37.3 Å². The first kappa shape index (κ1) is 22.3. The number of carbonyl (C=O) groups is 1. The van der Waals surface area contributed by atoms with Crippen molar-refractivity contribution in [2.45, 2.75) is 27.4 Å². The van der Waals surface area contributed by atoms with Crippen LogP contribution < -0.4 is 9.64 Å². The molecule has 2 aromatic carbocycles. The lowest BCUT2D eigenvalue weighted by molar-refractivity contribution is -0.130. The maximum atomic E-state index is 14.5. The van der Waals surface area contributed by atoms with Gasteiger partial charge < -0.3 is 19.5 Å². The second-order valence-corrected chi connectivity index (χ2v) is 7.28. The van der Waals surface area contributed by atoms with Gasteiger partial charge in [0.25, 0.3) is 0 Å². The van der Waals surface area contributed by atoms with Gasteiger partial charge in [-0.3, -0.25) is 0 Å². The molecule has 0 unspecified atom stereocenters. The number of nitrogens with zero attached hydrogens (tertiary/aromatic N) is 1. The van der Waals surface area contributed by atoms with Gasteiger partial charge in [-0.2, -0.15) is 0 Å². The predicted molar refractivity (Wildman–Crippen MR) is 113 cm³/mol. The van der Waals surface area contributed by atoms with Gasteiger partial charge in [0.15, 0.2) is 11.6 Å². The molecule has 0 radical (unpaired) electrons. The molecule has 0 bridgehead atoms. The lowest BCUT2D eigenvalue weighted by atomic mass is 9.99. The molecule has 0 atom stereocenters. The molecule has 0 aliphatic carbocycles. The second kappa shape index (κ2) is 9.96. The van der Waals surface area contributed by atoms with Crippen LogP contribution in [0.4, 0.5) is 10.1 Å². The summed E-state index contributed by atoms with van der Waals surface area (Å²) in [5, 5.41) is 9.58. The molecule has 0 spiro atoms. The van der Waals surface area contributed by atoms with Crippen molar-refractivity contribution in [2.75, 3.05) is 25.6 Å². The fraction of sp³-hybridized carbons (Fsp3) is 0.348. The fourth-order valence-electron chi connectivity index (χ4n) is 3.10. The van der Waals surface area contributed by atoms with E-state index >= 15 is 0 Å². The van der Waals surface area contributed by atoms with E-state index in [0.717, 1.165) is 12.2 Å². The predicted octanol–water partition coefficient (Wildman–Crippen LogP) is 4.96. The zero-order chi connectivity index (χ0) is 21.6. The molecule has 0 heterocycles. The van der Waals surface area contributed by atoms with Crippen molar-refractivity contribution in [1.82, 2.24) is 0 Å². The molecular formula is C23H28FNO4. The van der Waals surface area contributed by atoms with Crippen molar-refractivity contribution in [3.05, 3.63) is 65.2 Å². The number of benzene rings is 2. The number of allylic oxidation sites excluding steroid dienone is 1. The van der Waals surface area contributed by atoms with Gasteiger partial charge in [-0.15, -0.1) is 0 Å². The zero-order valence-corrected chi connectivity index (χ0v) is 17.5. The Morgan fingerprint density at radius 2 is 1.90 bits per heavy atom. The molecule has 0 aliphatic rings. The Balaban J connectivity index is 2.24. The van der Waals surface area contributed by atoms with E-state index in [-0.39, 0.29) is 23.7 Å². The largest absolute Gasteiger partial charge is 0.500 e. The third-order valence-corrected chi connectivity index (χ3v) is 4.54. The van der Waals surface area contributed by atoms with Gasteiger partial charge in [0.05, 0.1) is 7.11 Å². The summed E-state index contributed by atoms with van der Waals surface area (Å²) < 4.78 is 25.3.